The van der Waals surface area contributed by atoms with Crippen LogP contribution in [0.25, 0.3) is 32.3 Å². The molecular weight excluding hydrogens is 919 g/mol. The van der Waals surface area contributed by atoms with Gasteiger partial charge in [0.1, 0.15) is 11.5 Å². The fraction of sp³-hybridized carbons (Fsp3) is 0.294. The lowest BCUT2D eigenvalue weighted by Crippen LogP contribution is -2.54. The van der Waals surface area contributed by atoms with Crippen LogP contribution in [0.5, 0.6) is 11.5 Å². The Bertz CT molecular complexity index is 3210. The van der Waals surface area contributed by atoms with Crippen LogP contribution in [0.15, 0.2) is 206 Å². The van der Waals surface area contributed by atoms with E-state index in [0.29, 0.717) is 6.04 Å². The average Bonchev–Trinajstić information content (AvgIpc) is 3.88. The normalized spacial score (nSPS) is 15.4. The van der Waals surface area contributed by atoms with Crippen LogP contribution < -0.4 is 5.32 Å². The van der Waals surface area contributed by atoms with Crippen LogP contribution in [0.4, 0.5) is 0 Å². The number of nitrogens with one attached hydrogen (secondary N) is 1. The second-order valence-corrected chi connectivity index (χ2v) is 21.5. The molecule has 0 aliphatic carbocycles. The SMILES string of the molecule is CN(C)C(Cc1ccc(O)cc1)CN(Cc1ccc2ccccc2c1)C(Cc1ccc(O)cc1)CN(Cc1cccc2ccccc12)C(Cc1ccccc1)CN1CCCC1CCNCc1ccc2ccccc2c1. The number of rotatable bonds is 24. The number of phenols is 2. The lowest BCUT2D eigenvalue weighted by atomic mass is 9.96. The van der Waals surface area contributed by atoms with Crippen LogP contribution in [0, 0.1) is 0 Å². The van der Waals surface area contributed by atoms with Crippen molar-refractivity contribution < 1.29 is 10.2 Å². The van der Waals surface area contributed by atoms with E-state index in [1.54, 1.807) is 0 Å². The first-order chi connectivity index (χ1) is 36.8. The van der Waals surface area contributed by atoms with Crippen LogP contribution in [0.3, 0.4) is 0 Å². The molecule has 0 bridgehead atoms. The van der Waals surface area contributed by atoms with Gasteiger partial charge in [-0.05, 0) is 168 Å². The smallest absolute Gasteiger partial charge is 0.115 e. The first-order valence-electron chi connectivity index (χ1n) is 27.4. The molecule has 7 heteroatoms. The Morgan fingerprint density at radius 1 is 0.493 bits per heavy atom. The molecule has 1 saturated heterocycles. The van der Waals surface area contributed by atoms with Gasteiger partial charge in [0.2, 0.25) is 0 Å². The maximum Gasteiger partial charge on any atom is 0.115 e. The van der Waals surface area contributed by atoms with E-state index in [-0.39, 0.29) is 29.6 Å². The molecule has 0 spiro atoms. The van der Waals surface area contributed by atoms with E-state index in [9.17, 15) is 10.2 Å². The molecule has 4 unspecified atom stereocenters. The van der Waals surface area contributed by atoms with Crippen LogP contribution in [-0.4, -0.2) is 101 Å². The van der Waals surface area contributed by atoms with E-state index in [1.807, 2.05) is 24.3 Å². The first-order valence-corrected chi connectivity index (χ1v) is 27.4. The third-order valence-corrected chi connectivity index (χ3v) is 16.0. The van der Waals surface area contributed by atoms with Crippen molar-refractivity contribution in [2.75, 3.05) is 46.8 Å². The minimum absolute atomic E-state index is 0.0882. The molecule has 1 fully saturated rings. The van der Waals surface area contributed by atoms with Crippen molar-refractivity contribution in [2.45, 2.75) is 82.3 Å². The maximum absolute atomic E-state index is 10.6. The summed E-state index contributed by atoms with van der Waals surface area (Å²) in [6.07, 6.45) is 6.14. The lowest BCUT2D eigenvalue weighted by molar-refractivity contribution is 0.0631. The third-order valence-electron chi connectivity index (χ3n) is 16.0. The summed E-state index contributed by atoms with van der Waals surface area (Å²) in [7, 11) is 4.42. The molecule has 1 aliphatic rings. The zero-order valence-corrected chi connectivity index (χ0v) is 44.0. The zero-order chi connectivity index (χ0) is 51.3. The van der Waals surface area contributed by atoms with Crippen molar-refractivity contribution in [3.05, 3.63) is 240 Å². The van der Waals surface area contributed by atoms with Gasteiger partial charge in [-0.1, -0.05) is 170 Å². The van der Waals surface area contributed by atoms with Crippen molar-refractivity contribution in [1.29, 1.82) is 0 Å². The van der Waals surface area contributed by atoms with E-state index < -0.39 is 0 Å². The number of aromatic hydroxyl groups is 2. The van der Waals surface area contributed by atoms with Crippen LogP contribution in [0.1, 0.15) is 52.6 Å². The van der Waals surface area contributed by atoms with Crippen LogP contribution >= 0.6 is 0 Å². The molecule has 0 aromatic heterocycles. The van der Waals surface area contributed by atoms with Gasteiger partial charge in [0.05, 0.1) is 0 Å². The van der Waals surface area contributed by atoms with Crippen molar-refractivity contribution in [2.24, 2.45) is 0 Å². The van der Waals surface area contributed by atoms with Gasteiger partial charge in [0.15, 0.2) is 0 Å². The summed E-state index contributed by atoms with van der Waals surface area (Å²) in [6.45, 7) is 7.18. The average molecular weight is 994 g/mol. The highest BCUT2D eigenvalue weighted by Crippen LogP contribution is 2.29. The Kier molecular flexibility index (Phi) is 17.3. The summed E-state index contributed by atoms with van der Waals surface area (Å²) < 4.78 is 0. The number of likely N-dealkylation sites (tertiary alicyclic amines) is 1. The number of phenolic OH excluding ortho intramolecular Hbond substituents is 2. The second-order valence-electron chi connectivity index (χ2n) is 21.5. The van der Waals surface area contributed by atoms with Gasteiger partial charge in [0, 0.05) is 63.4 Å². The number of nitrogens with zero attached hydrogens (tertiary/aromatic N) is 4. The molecule has 3 N–H and O–H groups in total. The number of hydrogen-bond acceptors (Lipinski definition) is 7. The Morgan fingerprint density at radius 3 is 1.69 bits per heavy atom. The molecule has 0 radical (unpaired) electrons. The number of hydrogen-bond donors (Lipinski definition) is 3. The van der Waals surface area contributed by atoms with Gasteiger partial charge in [-0.2, -0.15) is 0 Å². The van der Waals surface area contributed by atoms with Gasteiger partial charge >= 0.3 is 0 Å². The molecule has 0 amide bonds. The lowest BCUT2D eigenvalue weighted by Gasteiger charge is -2.43. The van der Waals surface area contributed by atoms with Gasteiger partial charge in [0.25, 0.3) is 0 Å². The molecular formula is C68H75N5O2. The van der Waals surface area contributed by atoms with Gasteiger partial charge in [-0.15, -0.1) is 0 Å². The van der Waals surface area contributed by atoms with E-state index in [2.05, 4.69) is 221 Å². The Morgan fingerprint density at radius 2 is 1.01 bits per heavy atom. The van der Waals surface area contributed by atoms with E-state index in [1.165, 1.54) is 78.5 Å². The second kappa shape index (κ2) is 25.1. The summed E-state index contributed by atoms with van der Waals surface area (Å²) in [5, 5.41) is 32.4. The molecule has 384 valence electrons. The van der Waals surface area contributed by atoms with Crippen molar-refractivity contribution in [3.8, 4) is 11.5 Å². The van der Waals surface area contributed by atoms with Gasteiger partial charge < -0.3 is 20.4 Å². The fourth-order valence-electron chi connectivity index (χ4n) is 11.8. The van der Waals surface area contributed by atoms with Crippen molar-refractivity contribution in [3.63, 3.8) is 0 Å². The monoisotopic (exact) mass is 994 g/mol. The number of likely N-dealkylation sites (N-methyl/N-ethyl adjacent to an activating group) is 1. The first kappa shape index (κ1) is 51.6. The molecule has 9 aromatic carbocycles. The van der Waals surface area contributed by atoms with E-state index in [4.69, 9.17) is 0 Å². The van der Waals surface area contributed by atoms with Crippen molar-refractivity contribution >= 4 is 32.3 Å². The largest absolute Gasteiger partial charge is 0.508 e. The number of benzene rings is 9. The van der Waals surface area contributed by atoms with Crippen molar-refractivity contribution in [1.82, 2.24) is 24.9 Å². The van der Waals surface area contributed by atoms with E-state index >= 15 is 0 Å². The fourth-order valence-corrected chi connectivity index (χ4v) is 11.8. The molecule has 9 aromatic rings. The summed E-state index contributed by atoms with van der Waals surface area (Å²) >= 11 is 0. The van der Waals surface area contributed by atoms with Crippen LogP contribution in [0.2, 0.25) is 0 Å². The predicted molar refractivity (Wildman–Crippen MR) is 312 cm³/mol. The molecule has 75 heavy (non-hydrogen) atoms. The third kappa shape index (κ3) is 13.9. The molecule has 0 saturated carbocycles. The predicted octanol–water partition coefficient (Wildman–Crippen LogP) is 12.9. The van der Waals surface area contributed by atoms with Gasteiger partial charge in [-0.3, -0.25) is 14.7 Å². The minimum atomic E-state index is 0.0882. The Hall–Kier alpha value is -6.84. The molecule has 10 rings (SSSR count). The highest BCUT2D eigenvalue weighted by atomic mass is 16.3. The van der Waals surface area contributed by atoms with Gasteiger partial charge in [-0.25, -0.2) is 0 Å². The Balaban J connectivity index is 1.01. The highest BCUT2D eigenvalue weighted by molar-refractivity contribution is 5.86. The zero-order valence-electron chi connectivity index (χ0n) is 44.0. The Labute approximate surface area is 445 Å². The summed E-state index contributed by atoms with van der Waals surface area (Å²) in [4.78, 5) is 10.9. The summed E-state index contributed by atoms with van der Waals surface area (Å²) in [5.74, 6) is 0.576. The number of fused-ring (bicyclic) bond motifs is 3. The summed E-state index contributed by atoms with van der Waals surface area (Å²) in [5.41, 5.74) is 7.76. The topological polar surface area (TPSA) is 65.5 Å². The molecule has 1 heterocycles. The quantitative estimate of drug-likeness (QED) is 0.0521. The minimum Gasteiger partial charge on any atom is -0.508 e. The summed E-state index contributed by atoms with van der Waals surface area (Å²) in [6, 6.07) is 74.9. The van der Waals surface area contributed by atoms with Crippen LogP contribution in [-0.2, 0) is 38.9 Å². The standard InChI is InChI=1S/C68H75N5O2/c1-70(2)63(42-52-27-33-66(74)34-28-52)48-72(46-55-26-32-57-17-7-9-20-60(57)41-55)65(44-53-29-35-67(75)36-30-53)50-73(47-61-22-12-21-58-18-10-11-24-68(58)61)64(43-51-14-4-3-5-15-51)49-71-39-13-23-62(71)37-38-69-45-54-25-31-56-16-6-8-19-59(56)40-54/h3-12,14-22,24-36,40-41,62-65,69,74-75H,13,23,37-39,42-50H2,1-2H3. The maximum atomic E-state index is 10.6. The van der Waals surface area contributed by atoms with E-state index in [0.717, 1.165) is 78.0 Å². The highest BCUT2D eigenvalue weighted by Gasteiger charge is 2.33. The molecule has 4 atom stereocenters. The molecule has 1 aliphatic heterocycles. The molecule has 7 nitrogen and oxygen atoms in total.